The fourth-order valence-electron chi connectivity index (χ4n) is 2.84. The zero-order chi connectivity index (χ0) is 15.4. The number of rotatable bonds is 7. The number of hydrogen-bond donors (Lipinski definition) is 2. The van der Waals surface area contributed by atoms with Crippen LogP contribution in [0.1, 0.15) is 25.7 Å². The number of amides is 3. The summed E-state index contributed by atoms with van der Waals surface area (Å²) in [7, 11) is 1.85. The molecule has 1 unspecified atom stereocenters. The standard InChI is InChI=1S/C14H24N4O3/c1-17(11(7-15)10-4-5-10)8-12(19)16-13(20)9-18-6-2-3-14(18)21/h10-11H,2-9,15H2,1H3,(H,16,19,20). The number of hydrogen-bond acceptors (Lipinski definition) is 5. The number of nitrogens with two attached hydrogens (primary N) is 1. The molecule has 1 aliphatic heterocycles. The van der Waals surface area contributed by atoms with Crippen LogP contribution in [-0.2, 0) is 14.4 Å². The normalized spacial score (nSPS) is 20.0. The second-order valence-electron chi connectivity index (χ2n) is 5.95. The number of carbonyl (C=O) groups excluding carboxylic acids is 3. The maximum Gasteiger partial charge on any atom is 0.246 e. The van der Waals surface area contributed by atoms with E-state index in [0.717, 1.165) is 19.3 Å². The minimum Gasteiger partial charge on any atom is -0.333 e. The Labute approximate surface area is 124 Å². The van der Waals surface area contributed by atoms with Crippen molar-refractivity contribution in [2.45, 2.75) is 31.7 Å². The van der Waals surface area contributed by atoms with E-state index in [-0.39, 0.29) is 30.9 Å². The molecule has 1 saturated carbocycles. The summed E-state index contributed by atoms with van der Waals surface area (Å²) in [6.07, 6.45) is 3.58. The van der Waals surface area contributed by atoms with E-state index >= 15 is 0 Å². The molecular formula is C14H24N4O3. The lowest BCUT2D eigenvalue weighted by molar-refractivity contribution is -0.136. The van der Waals surface area contributed by atoms with Crippen LogP contribution in [0.3, 0.4) is 0 Å². The third kappa shape index (κ3) is 4.50. The molecule has 1 atom stereocenters. The Hall–Kier alpha value is -1.47. The van der Waals surface area contributed by atoms with Gasteiger partial charge >= 0.3 is 0 Å². The largest absolute Gasteiger partial charge is 0.333 e. The van der Waals surface area contributed by atoms with E-state index in [1.54, 1.807) is 0 Å². The van der Waals surface area contributed by atoms with Crippen LogP contribution in [0, 0.1) is 5.92 Å². The van der Waals surface area contributed by atoms with Gasteiger partial charge in [-0.1, -0.05) is 0 Å². The smallest absolute Gasteiger partial charge is 0.246 e. The van der Waals surface area contributed by atoms with Crippen LogP contribution < -0.4 is 11.1 Å². The first-order chi connectivity index (χ1) is 10.0. The van der Waals surface area contributed by atoms with Gasteiger partial charge in [0.15, 0.2) is 0 Å². The van der Waals surface area contributed by atoms with E-state index in [0.29, 0.717) is 25.4 Å². The predicted octanol–water partition coefficient (Wildman–Crippen LogP) is -1.08. The molecule has 0 spiro atoms. The predicted molar refractivity (Wildman–Crippen MR) is 77.2 cm³/mol. The lowest BCUT2D eigenvalue weighted by Crippen LogP contribution is -2.48. The highest BCUT2D eigenvalue weighted by Crippen LogP contribution is 2.34. The van der Waals surface area contributed by atoms with Crippen LogP contribution in [0.15, 0.2) is 0 Å². The van der Waals surface area contributed by atoms with Crippen molar-refractivity contribution < 1.29 is 14.4 Å². The minimum atomic E-state index is -0.417. The van der Waals surface area contributed by atoms with Gasteiger partial charge in [-0.3, -0.25) is 24.6 Å². The molecule has 7 nitrogen and oxygen atoms in total. The molecule has 1 heterocycles. The summed E-state index contributed by atoms with van der Waals surface area (Å²) in [5, 5.41) is 2.34. The van der Waals surface area contributed by atoms with Crippen molar-refractivity contribution in [3.63, 3.8) is 0 Å². The summed E-state index contributed by atoms with van der Waals surface area (Å²) < 4.78 is 0. The lowest BCUT2D eigenvalue weighted by atomic mass is 10.1. The average molecular weight is 296 g/mol. The van der Waals surface area contributed by atoms with Crippen molar-refractivity contribution in [3.8, 4) is 0 Å². The minimum absolute atomic E-state index is 0.0216. The summed E-state index contributed by atoms with van der Waals surface area (Å²) in [5.74, 6) is -0.204. The molecule has 118 valence electrons. The molecule has 0 radical (unpaired) electrons. The molecule has 0 bridgehead atoms. The molecule has 2 fully saturated rings. The molecule has 21 heavy (non-hydrogen) atoms. The van der Waals surface area contributed by atoms with Crippen LogP contribution in [0.25, 0.3) is 0 Å². The van der Waals surface area contributed by atoms with Crippen molar-refractivity contribution in [2.24, 2.45) is 11.7 Å². The Balaban J connectivity index is 1.72. The van der Waals surface area contributed by atoms with Gasteiger partial charge in [0.25, 0.3) is 0 Å². The Bertz CT molecular complexity index is 422. The van der Waals surface area contributed by atoms with Gasteiger partial charge in [-0.05, 0) is 32.2 Å². The third-order valence-electron chi connectivity index (χ3n) is 4.15. The molecule has 1 aliphatic carbocycles. The van der Waals surface area contributed by atoms with Gasteiger partial charge in [0.1, 0.15) is 0 Å². The van der Waals surface area contributed by atoms with Gasteiger partial charge in [0.2, 0.25) is 17.7 Å². The average Bonchev–Trinajstić information content (AvgIpc) is 3.15. The Morgan fingerprint density at radius 2 is 2.14 bits per heavy atom. The summed E-state index contributed by atoms with van der Waals surface area (Å²) in [4.78, 5) is 38.4. The van der Waals surface area contributed by atoms with Crippen molar-refractivity contribution in [1.29, 1.82) is 0 Å². The van der Waals surface area contributed by atoms with E-state index in [9.17, 15) is 14.4 Å². The monoisotopic (exact) mass is 296 g/mol. The van der Waals surface area contributed by atoms with E-state index in [1.165, 1.54) is 4.90 Å². The molecule has 1 saturated heterocycles. The number of likely N-dealkylation sites (N-methyl/N-ethyl adjacent to an activating group) is 1. The summed E-state index contributed by atoms with van der Waals surface area (Å²) >= 11 is 0. The Morgan fingerprint density at radius 1 is 1.43 bits per heavy atom. The fraction of sp³-hybridized carbons (Fsp3) is 0.786. The molecule has 0 aromatic rings. The maximum absolute atomic E-state index is 11.9. The number of likely N-dealkylation sites (tertiary alicyclic amines) is 1. The first kappa shape index (κ1) is 15.9. The van der Waals surface area contributed by atoms with Gasteiger partial charge < -0.3 is 10.6 Å². The molecule has 2 rings (SSSR count). The third-order valence-corrected chi connectivity index (χ3v) is 4.15. The second kappa shape index (κ2) is 7.00. The van der Waals surface area contributed by atoms with Crippen LogP contribution in [-0.4, -0.2) is 66.8 Å². The van der Waals surface area contributed by atoms with Crippen molar-refractivity contribution in [1.82, 2.24) is 15.1 Å². The highest BCUT2D eigenvalue weighted by Gasteiger charge is 2.33. The zero-order valence-corrected chi connectivity index (χ0v) is 12.5. The first-order valence-corrected chi connectivity index (χ1v) is 7.52. The van der Waals surface area contributed by atoms with Crippen LogP contribution >= 0.6 is 0 Å². The SMILES string of the molecule is CN(CC(=O)NC(=O)CN1CCCC1=O)C(CN)C1CC1. The fourth-order valence-corrected chi connectivity index (χ4v) is 2.84. The van der Waals surface area contributed by atoms with Crippen LogP contribution in [0.2, 0.25) is 0 Å². The Kier molecular flexibility index (Phi) is 5.30. The topological polar surface area (TPSA) is 95.7 Å². The number of nitrogens with zero attached hydrogens (tertiary/aromatic N) is 2. The number of carbonyl (C=O) groups is 3. The van der Waals surface area contributed by atoms with Gasteiger partial charge in [-0.15, -0.1) is 0 Å². The van der Waals surface area contributed by atoms with Gasteiger partial charge in [0, 0.05) is 25.6 Å². The zero-order valence-electron chi connectivity index (χ0n) is 12.5. The van der Waals surface area contributed by atoms with E-state index < -0.39 is 5.91 Å². The highest BCUT2D eigenvalue weighted by atomic mass is 16.2. The second-order valence-corrected chi connectivity index (χ2v) is 5.95. The van der Waals surface area contributed by atoms with E-state index in [2.05, 4.69) is 5.32 Å². The highest BCUT2D eigenvalue weighted by molar-refractivity contribution is 5.98. The van der Waals surface area contributed by atoms with Gasteiger partial charge in [-0.25, -0.2) is 0 Å². The van der Waals surface area contributed by atoms with Crippen LogP contribution in [0.4, 0.5) is 0 Å². The van der Waals surface area contributed by atoms with E-state index in [1.807, 2.05) is 11.9 Å². The lowest BCUT2D eigenvalue weighted by Gasteiger charge is -2.26. The van der Waals surface area contributed by atoms with Gasteiger partial charge in [-0.2, -0.15) is 0 Å². The summed E-state index contributed by atoms with van der Waals surface area (Å²) in [5.41, 5.74) is 5.73. The quantitative estimate of drug-likeness (QED) is 0.623. The molecule has 2 aliphatic rings. The summed E-state index contributed by atoms with van der Waals surface area (Å²) in [6.45, 7) is 1.23. The number of nitrogens with one attached hydrogen (secondary N) is 1. The van der Waals surface area contributed by atoms with Crippen molar-refractivity contribution in [3.05, 3.63) is 0 Å². The van der Waals surface area contributed by atoms with Gasteiger partial charge in [0.05, 0.1) is 13.1 Å². The van der Waals surface area contributed by atoms with Crippen molar-refractivity contribution >= 4 is 17.7 Å². The number of imide groups is 1. The van der Waals surface area contributed by atoms with E-state index in [4.69, 9.17) is 5.73 Å². The molecule has 0 aromatic heterocycles. The molecular weight excluding hydrogens is 272 g/mol. The maximum atomic E-state index is 11.9. The summed E-state index contributed by atoms with van der Waals surface area (Å²) in [6, 6.07) is 0.200. The van der Waals surface area contributed by atoms with Crippen molar-refractivity contribution in [2.75, 3.05) is 33.2 Å². The molecule has 3 amide bonds. The Morgan fingerprint density at radius 3 is 2.67 bits per heavy atom. The van der Waals surface area contributed by atoms with Crippen LogP contribution in [0.5, 0.6) is 0 Å². The molecule has 0 aromatic carbocycles. The molecule has 7 heteroatoms. The first-order valence-electron chi connectivity index (χ1n) is 7.52. The molecule has 3 N–H and O–H groups in total.